The molecule has 0 aliphatic carbocycles. The molecule has 26 heavy (non-hydrogen) atoms. The summed E-state index contributed by atoms with van der Waals surface area (Å²) < 4.78 is 0.944. The highest BCUT2D eigenvalue weighted by molar-refractivity contribution is 9.10. The van der Waals surface area contributed by atoms with E-state index in [1.807, 2.05) is 41.3 Å². The Bertz CT molecular complexity index is 783. The molecule has 0 unspecified atom stereocenters. The number of nitrogens with zero attached hydrogens (tertiary/aromatic N) is 1. The minimum Gasteiger partial charge on any atom is -0.339 e. The van der Waals surface area contributed by atoms with Crippen molar-refractivity contribution in [2.24, 2.45) is 0 Å². The maximum Gasteiger partial charge on any atom is 0.255 e. The smallest absolute Gasteiger partial charge is 0.255 e. The number of anilines is 1. The summed E-state index contributed by atoms with van der Waals surface area (Å²) in [6.45, 7) is 1.58. The fourth-order valence-corrected chi connectivity index (χ4v) is 3.70. The van der Waals surface area contributed by atoms with Crippen LogP contribution in [0.25, 0.3) is 0 Å². The Hall–Kier alpha value is -2.14. The second-order valence-electron chi connectivity index (χ2n) is 6.61. The number of hydrogen-bond donors (Lipinski definition) is 1. The van der Waals surface area contributed by atoms with Crippen LogP contribution in [0.15, 0.2) is 53.0 Å². The average Bonchev–Trinajstić information content (AvgIpc) is 2.91. The van der Waals surface area contributed by atoms with Crippen LogP contribution in [0.4, 0.5) is 5.69 Å². The van der Waals surface area contributed by atoms with E-state index in [0.717, 1.165) is 36.0 Å². The molecule has 1 N–H and O–H groups in total. The Labute approximate surface area is 162 Å². The fraction of sp³-hybridized carbons (Fsp3) is 0.333. The molecule has 1 aliphatic heterocycles. The number of rotatable bonds is 4. The second kappa shape index (κ2) is 8.99. The lowest BCUT2D eigenvalue weighted by atomic mass is 10.1. The van der Waals surface area contributed by atoms with Gasteiger partial charge < -0.3 is 10.2 Å². The lowest BCUT2D eigenvalue weighted by Crippen LogP contribution is -2.32. The van der Waals surface area contributed by atoms with Gasteiger partial charge in [-0.15, -0.1) is 0 Å². The fourth-order valence-electron chi connectivity index (χ4n) is 3.25. The Morgan fingerprint density at radius 3 is 2.42 bits per heavy atom. The Morgan fingerprint density at radius 2 is 1.69 bits per heavy atom. The third-order valence-corrected chi connectivity index (χ3v) is 5.07. The van der Waals surface area contributed by atoms with Gasteiger partial charge in [-0.05, 0) is 42.7 Å². The van der Waals surface area contributed by atoms with Gasteiger partial charge in [0, 0.05) is 17.6 Å². The van der Waals surface area contributed by atoms with Crippen molar-refractivity contribution in [1.82, 2.24) is 4.90 Å². The number of benzene rings is 2. The van der Waals surface area contributed by atoms with Crippen LogP contribution >= 0.6 is 15.9 Å². The van der Waals surface area contributed by atoms with E-state index in [2.05, 4.69) is 21.2 Å². The quantitative estimate of drug-likeness (QED) is 0.791. The van der Waals surface area contributed by atoms with Crippen LogP contribution in [0, 0.1) is 0 Å². The first kappa shape index (κ1) is 18.6. The minimum atomic E-state index is -0.126. The first-order chi connectivity index (χ1) is 12.6. The van der Waals surface area contributed by atoms with Gasteiger partial charge in [0.1, 0.15) is 0 Å². The standard InChI is InChI=1S/C21H23BrN2O2/c22-17-9-7-8-16(14-17)15-20(25)23-19-11-4-3-10-18(19)21(26)24-12-5-1-2-6-13-24/h3-4,7-11,14H,1-2,5-6,12-13,15H2,(H,23,25). The second-order valence-corrected chi connectivity index (χ2v) is 7.52. The van der Waals surface area contributed by atoms with Gasteiger partial charge in [0.2, 0.25) is 5.91 Å². The average molecular weight is 415 g/mol. The maximum absolute atomic E-state index is 12.9. The molecule has 2 aromatic carbocycles. The molecular formula is C21H23BrN2O2. The zero-order valence-corrected chi connectivity index (χ0v) is 16.3. The van der Waals surface area contributed by atoms with Crippen LogP contribution in [0.2, 0.25) is 0 Å². The van der Waals surface area contributed by atoms with Crippen molar-refractivity contribution in [1.29, 1.82) is 0 Å². The van der Waals surface area contributed by atoms with E-state index >= 15 is 0 Å². The summed E-state index contributed by atoms with van der Waals surface area (Å²) >= 11 is 3.42. The van der Waals surface area contributed by atoms with Gasteiger partial charge in [-0.2, -0.15) is 0 Å². The molecule has 0 radical (unpaired) electrons. The van der Waals surface area contributed by atoms with Crippen molar-refractivity contribution in [2.45, 2.75) is 32.1 Å². The zero-order chi connectivity index (χ0) is 18.4. The minimum absolute atomic E-state index is 0.00487. The monoisotopic (exact) mass is 414 g/mol. The van der Waals surface area contributed by atoms with Crippen molar-refractivity contribution in [2.75, 3.05) is 18.4 Å². The summed E-state index contributed by atoms with van der Waals surface area (Å²) in [4.78, 5) is 27.3. The number of halogens is 1. The highest BCUT2D eigenvalue weighted by atomic mass is 79.9. The highest BCUT2D eigenvalue weighted by Crippen LogP contribution is 2.20. The van der Waals surface area contributed by atoms with Gasteiger partial charge >= 0.3 is 0 Å². The van der Waals surface area contributed by atoms with E-state index in [-0.39, 0.29) is 18.2 Å². The van der Waals surface area contributed by atoms with Gasteiger partial charge in [0.25, 0.3) is 5.91 Å². The summed E-state index contributed by atoms with van der Waals surface area (Å²) in [6.07, 6.45) is 4.71. The molecule has 3 rings (SSSR count). The predicted octanol–water partition coefficient (Wildman–Crippen LogP) is 4.65. The molecule has 1 aliphatic rings. The van der Waals surface area contributed by atoms with Crippen LogP contribution in [0.1, 0.15) is 41.6 Å². The summed E-state index contributed by atoms with van der Waals surface area (Å²) in [6, 6.07) is 14.9. The molecule has 136 valence electrons. The molecule has 2 aromatic rings. The Morgan fingerprint density at radius 1 is 0.962 bits per heavy atom. The van der Waals surface area contributed by atoms with E-state index in [4.69, 9.17) is 0 Å². The Balaban J connectivity index is 1.72. The first-order valence-electron chi connectivity index (χ1n) is 9.06. The van der Waals surface area contributed by atoms with Crippen molar-refractivity contribution in [3.8, 4) is 0 Å². The number of carbonyl (C=O) groups is 2. The highest BCUT2D eigenvalue weighted by Gasteiger charge is 2.20. The molecule has 1 saturated heterocycles. The third-order valence-electron chi connectivity index (χ3n) is 4.58. The lowest BCUT2D eigenvalue weighted by Gasteiger charge is -2.22. The van der Waals surface area contributed by atoms with Gasteiger partial charge in [0.05, 0.1) is 17.7 Å². The van der Waals surface area contributed by atoms with Gasteiger partial charge in [-0.3, -0.25) is 9.59 Å². The number of para-hydroxylation sites is 1. The first-order valence-corrected chi connectivity index (χ1v) is 9.85. The van der Waals surface area contributed by atoms with Crippen molar-refractivity contribution in [3.05, 3.63) is 64.1 Å². The molecule has 0 atom stereocenters. The van der Waals surface area contributed by atoms with Crippen molar-refractivity contribution >= 4 is 33.4 Å². The van der Waals surface area contributed by atoms with Crippen LogP contribution in [0.3, 0.4) is 0 Å². The third kappa shape index (κ3) is 4.94. The van der Waals surface area contributed by atoms with Crippen LogP contribution in [0.5, 0.6) is 0 Å². The zero-order valence-electron chi connectivity index (χ0n) is 14.7. The molecule has 0 aromatic heterocycles. The number of nitrogens with one attached hydrogen (secondary N) is 1. The van der Waals surface area contributed by atoms with E-state index in [1.54, 1.807) is 12.1 Å². The molecule has 0 bridgehead atoms. The summed E-state index contributed by atoms with van der Waals surface area (Å²) in [5.41, 5.74) is 2.08. The summed E-state index contributed by atoms with van der Waals surface area (Å²) in [7, 11) is 0. The number of carbonyl (C=O) groups excluding carboxylic acids is 2. The van der Waals surface area contributed by atoms with E-state index in [1.165, 1.54) is 12.8 Å². The molecular weight excluding hydrogens is 392 g/mol. The summed E-state index contributed by atoms with van der Waals surface area (Å²) in [5.74, 6) is -0.121. The molecule has 4 nitrogen and oxygen atoms in total. The van der Waals surface area contributed by atoms with Gasteiger partial charge in [0.15, 0.2) is 0 Å². The summed E-state index contributed by atoms with van der Waals surface area (Å²) in [5, 5.41) is 2.91. The molecule has 1 fully saturated rings. The molecule has 1 heterocycles. The van der Waals surface area contributed by atoms with E-state index in [0.29, 0.717) is 11.3 Å². The normalized spacial score (nSPS) is 14.6. The Kier molecular flexibility index (Phi) is 6.45. The number of hydrogen-bond acceptors (Lipinski definition) is 2. The molecule has 0 spiro atoms. The topological polar surface area (TPSA) is 49.4 Å². The van der Waals surface area contributed by atoms with Crippen molar-refractivity contribution < 1.29 is 9.59 Å². The van der Waals surface area contributed by atoms with E-state index < -0.39 is 0 Å². The van der Waals surface area contributed by atoms with Crippen LogP contribution in [-0.4, -0.2) is 29.8 Å². The van der Waals surface area contributed by atoms with Gasteiger partial charge in [-0.25, -0.2) is 0 Å². The van der Waals surface area contributed by atoms with Crippen LogP contribution in [-0.2, 0) is 11.2 Å². The molecule has 0 saturated carbocycles. The van der Waals surface area contributed by atoms with Gasteiger partial charge in [-0.1, -0.05) is 53.0 Å². The largest absolute Gasteiger partial charge is 0.339 e. The molecule has 5 heteroatoms. The maximum atomic E-state index is 12.9. The van der Waals surface area contributed by atoms with E-state index in [9.17, 15) is 9.59 Å². The molecule has 2 amide bonds. The van der Waals surface area contributed by atoms with Crippen LogP contribution < -0.4 is 5.32 Å². The lowest BCUT2D eigenvalue weighted by molar-refractivity contribution is -0.115. The predicted molar refractivity (Wildman–Crippen MR) is 107 cm³/mol. The van der Waals surface area contributed by atoms with Crippen molar-refractivity contribution in [3.63, 3.8) is 0 Å². The SMILES string of the molecule is O=C(Cc1cccc(Br)c1)Nc1ccccc1C(=O)N1CCCCCC1. The number of amides is 2. The number of likely N-dealkylation sites (tertiary alicyclic amines) is 1.